The van der Waals surface area contributed by atoms with Crippen LogP contribution in [0.3, 0.4) is 0 Å². The van der Waals surface area contributed by atoms with Crippen LogP contribution in [0, 0.1) is 6.92 Å². The maximum Gasteiger partial charge on any atom is 0.336 e. The number of aryl methyl sites for hydroxylation is 1. The summed E-state index contributed by atoms with van der Waals surface area (Å²) < 4.78 is 1.82. The minimum atomic E-state index is -0.969. The Hall–Kier alpha value is -1.81. The molecule has 0 aliphatic rings. The normalized spacial score (nSPS) is 11.0. The lowest BCUT2D eigenvalue weighted by atomic mass is 10.0. The van der Waals surface area contributed by atoms with Crippen molar-refractivity contribution in [3.05, 3.63) is 40.7 Å². The van der Waals surface area contributed by atoms with Gasteiger partial charge in [0.05, 0.1) is 11.3 Å². The van der Waals surface area contributed by atoms with Crippen molar-refractivity contribution in [1.29, 1.82) is 0 Å². The van der Waals surface area contributed by atoms with Crippen LogP contribution in [-0.2, 0) is 0 Å². The molecule has 0 aliphatic carbocycles. The van der Waals surface area contributed by atoms with Crippen molar-refractivity contribution < 1.29 is 9.90 Å². The number of carboxylic acids is 1. The lowest BCUT2D eigenvalue weighted by Gasteiger charge is -2.06. The maximum absolute atomic E-state index is 11.3. The number of rotatable bonds is 3. The predicted octanol–water partition coefficient (Wildman–Crippen LogP) is 3.79. The molecule has 1 heterocycles. The average Bonchev–Trinajstić information content (AvgIpc) is 2.71. The smallest absolute Gasteiger partial charge is 0.336 e. The van der Waals surface area contributed by atoms with Crippen LogP contribution < -0.4 is 0 Å². The number of nitrogens with zero attached hydrogens (tertiary/aromatic N) is 2. The van der Waals surface area contributed by atoms with E-state index in [0.717, 1.165) is 11.3 Å². The number of aromatic nitrogens is 2. The van der Waals surface area contributed by atoms with Gasteiger partial charge >= 0.3 is 5.97 Å². The summed E-state index contributed by atoms with van der Waals surface area (Å²) in [4.78, 5) is 11.3. The standard InChI is InChI=1S/C14H15ClN2O2/c1-8(2)17-7-13(9(3)16-17)12-6-10(15)4-5-11(12)14(18)19/h4-8H,1-3H3,(H,18,19). The van der Waals surface area contributed by atoms with Crippen molar-refractivity contribution in [3.8, 4) is 11.1 Å². The maximum atomic E-state index is 11.3. The molecule has 1 N–H and O–H groups in total. The minimum Gasteiger partial charge on any atom is -0.478 e. The number of hydrogen-bond acceptors (Lipinski definition) is 2. The Morgan fingerprint density at radius 3 is 2.58 bits per heavy atom. The first-order valence-corrected chi connectivity index (χ1v) is 6.37. The van der Waals surface area contributed by atoms with E-state index in [-0.39, 0.29) is 11.6 Å². The van der Waals surface area contributed by atoms with Gasteiger partial charge in [-0.05, 0) is 39.0 Å². The van der Waals surface area contributed by atoms with E-state index >= 15 is 0 Å². The fourth-order valence-electron chi connectivity index (χ4n) is 1.94. The molecular formula is C14H15ClN2O2. The summed E-state index contributed by atoms with van der Waals surface area (Å²) >= 11 is 5.97. The minimum absolute atomic E-state index is 0.222. The zero-order valence-electron chi connectivity index (χ0n) is 11.0. The first-order chi connectivity index (χ1) is 8.90. The Balaban J connectivity index is 2.64. The molecule has 0 atom stereocenters. The number of halogens is 1. The molecule has 0 spiro atoms. The summed E-state index contributed by atoms with van der Waals surface area (Å²) in [7, 11) is 0. The van der Waals surface area contributed by atoms with Gasteiger partial charge in [-0.25, -0.2) is 4.79 Å². The zero-order chi connectivity index (χ0) is 14.2. The zero-order valence-corrected chi connectivity index (χ0v) is 11.8. The second kappa shape index (κ2) is 5.05. The van der Waals surface area contributed by atoms with Crippen LogP contribution in [0.1, 0.15) is 35.9 Å². The van der Waals surface area contributed by atoms with Crippen molar-refractivity contribution in [2.24, 2.45) is 0 Å². The number of benzene rings is 1. The highest BCUT2D eigenvalue weighted by Gasteiger charge is 2.16. The number of carbonyl (C=O) groups is 1. The quantitative estimate of drug-likeness (QED) is 0.929. The van der Waals surface area contributed by atoms with Crippen LogP contribution in [0.2, 0.25) is 5.02 Å². The summed E-state index contributed by atoms with van der Waals surface area (Å²) in [5.74, 6) is -0.969. The third kappa shape index (κ3) is 2.63. The van der Waals surface area contributed by atoms with Gasteiger partial charge in [-0.3, -0.25) is 4.68 Å². The van der Waals surface area contributed by atoms with Gasteiger partial charge in [0.25, 0.3) is 0 Å². The molecule has 0 radical (unpaired) electrons. The highest BCUT2D eigenvalue weighted by atomic mass is 35.5. The van der Waals surface area contributed by atoms with Crippen molar-refractivity contribution in [1.82, 2.24) is 9.78 Å². The van der Waals surface area contributed by atoms with E-state index in [1.807, 2.05) is 31.6 Å². The van der Waals surface area contributed by atoms with E-state index in [9.17, 15) is 9.90 Å². The van der Waals surface area contributed by atoms with Crippen LogP contribution in [0.5, 0.6) is 0 Å². The van der Waals surface area contributed by atoms with Crippen molar-refractivity contribution >= 4 is 17.6 Å². The summed E-state index contributed by atoms with van der Waals surface area (Å²) in [6.45, 7) is 5.90. The molecule has 0 amide bonds. The van der Waals surface area contributed by atoms with Crippen LogP contribution in [0.25, 0.3) is 11.1 Å². The Morgan fingerprint density at radius 2 is 2.05 bits per heavy atom. The predicted molar refractivity (Wildman–Crippen MR) is 74.8 cm³/mol. The van der Waals surface area contributed by atoms with Gasteiger partial charge in [0.2, 0.25) is 0 Å². The number of hydrogen-bond donors (Lipinski definition) is 1. The molecule has 4 nitrogen and oxygen atoms in total. The molecule has 5 heteroatoms. The molecule has 100 valence electrons. The largest absolute Gasteiger partial charge is 0.478 e. The summed E-state index contributed by atoms with van der Waals surface area (Å²) in [5, 5.41) is 14.2. The topological polar surface area (TPSA) is 55.1 Å². The molecule has 0 bridgehead atoms. The van der Waals surface area contributed by atoms with Gasteiger partial charge < -0.3 is 5.11 Å². The average molecular weight is 279 g/mol. The van der Waals surface area contributed by atoms with Crippen molar-refractivity contribution in [3.63, 3.8) is 0 Å². The molecule has 2 rings (SSSR count). The first-order valence-electron chi connectivity index (χ1n) is 5.99. The molecule has 0 unspecified atom stereocenters. The monoisotopic (exact) mass is 278 g/mol. The van der Waals surface area contributed by atoms with E-state index in [1.165, 1.54) is 6.07 Å². The molecule has 0 fully saturated rings. The van der Waals surface area contributed by atoms with Gasteiger partial charge in [-0.2, -0.15) is 5.10 Å². The Bertz CT molecular complexity index is 632. The Labute approximate surface area is 116 Å². The molecule has 0 saturated carbocycles. The van der Waals surface area contributed by atoms with Crippen molar-refractivity contribution in [2.75, 3.05) is 0 Å². The molecular weight excluding hydrogens is 264 g/mol. The van der Waals surface area contributed by atoms with Crippen LogP contribution >= 0.6 is 11.6 Å². The van der Waals surface area contributed by atoms with Gasteiger partial charge in [0.15, 0.2) is 0 Å². The van der Waals surface area contributed by atoms with E-state index < -0.39 is 5.97 Å². The second-order valence-electron chi connectivity index (χ2n) is 4.70. The van der Waals surface area contributed by atoms with E-state index in [2.05, 4.69) is 5.10 Å². The fraction of sp³-hybridized carbons (Fsp3) is 0.286. The SMILES string of the molecule is Cc1nn(C(C)C)cc1-c1cc(Cl)ccc1C(=O)O. The van der Waals surface area contributed by atoms with Gasteiger partial charge in [-0.15, -0.1) is 0 Å². The molecule has 2 aromatic rings. The number of aromatic carboxylic acids is 1. The molecule has 0 saturated heterocycles. The molecule has 1 aromatic heterocycles. The Kier molecular flexibility index (Phi) is 3.62. The van der Waals surface area contributed by atoms with Gasteiger partial charge in [-0.1, -0.05) is 11.6 Å². The van der Waals surface area contributed by atoms with Crippen molar-refractivity contribution in [2.45, 2.75) is 26.8 Å². The highest BCUT2D eigenvalue weighted by Crippen LogP contribution is 2.30. The van der Waals surface area contributed by atoms with E-state index in [4.69, 9.17) is 11.6 Å². The lowest BCUT2D eigenvalue weighted by molar-refractivity contribution is 0.0698. The fourth-order valence-corrected chi connectivity index (χ4v) is 2.11. The number of carboxylic acid groups (broad SMARTS) is 1. The summed E-state index contributed by atoms with van der Waals surface area (Å²) in [5.41, 5.74) is 2.42. The molecule has 1 aromatic carbocycles. The van der Waals surface area contributed by atoms with Gasteiger partial charge in [0, 0.05) is 28.4 Å². The third-order valence-corrected chi connectivity index (χ3v) is 3.18. The van der Waals surface area contributed by atoms with Gasteiger partial charge in [0.1, 0.15) is 0 Å². The first kappa shape index (κ1) is 13.6. The van der Waals surface area contributed by atoms with Crippen LogP contribution in [0.15, 0.2) is 24.4 Å². The third-order valence-electron chi connectivity index (χ3n) is 2.95. The lowest BCUT2D eigenvalue weighted by Crippen LogP contribution is -2.00. The van der Waals surface area contributed by atoms with E-state index in [1.54, 1.807) is 12.1 Å². The van der Waals surface area contributed by atoms with Crippen LogP contribution in [-0.4, -0.2) is 20.9 Å². The summed E-state index contributed by atoms with van der Waals surface area (Å²) in [6, 6.07) is 4.99. The summed E-state index contributed by atoms with van der Waals surface area (Å²) in [6.07, 6.45) is 1.86. The van der Waals surface area contributed by atoms with E-state index in [0.29, 0.717) is 10.6 Å². The molecule has 0 aliphatic heterocycles. The second-order valence-corrected chi connectivity index (χ2v) is 5.13. The van der Waals surface area contributed by atoms with Crippen LogP contribution in [0.4, 0.5) is 0 Å². The highest BCUT2D eigenvalue weighted by molar-refractivity contribution is 6.31. The Morgan fingerprint density at radius 1 is 1.37 bits per heavy atom. The molecule has 19 heavy (non-hydrogen) atoms.